The van der Waals surface area contributed by atoms with Gasteiger partial charge in [-0.25, -0.2) is 4.79 Å². The highest BCUT2D eigenvalue weighted by Gasteiger charge is 2.42. The van der Waals surface area contributed by atoms with Gasteiger partial charge in [0.25, 0.3) is 11.1 Å². The van der Waals surface area contributed by atoms with Crippen molar-refractivity contribution in [2.45, 2.75) is 85.4 Å². The fraction of sp³-hybridized carbons (Fsp3) is 0.560. The fourth-order valence-corrected chi connectivity index (χ4v) is 5.97. The first-order valence-electron chi connectivity index (χ1n) is 11.3. The summed E-state index contributed by atoms with van der Waals surface area (Å²) in [6.45, 7) is 16.7. The van der Waals surface area contributed by atoms with Gasteiger partial charge in [-0.3, -0.25) is 14.5 Å². The first kappa shape index (κ1) is 24.4. The Hall–Kier alpha value is -2.28. The molecule has 2 amide bonds. The maximum Gasteiger partial charge on any atom is 0.329 e. The lowest BCUT2D eigenvalue weighted by Gasteiger charge is -2.50. The standard InChI is InChI=1S/C25H34N2O4S/c1-9-31-23(29)17(6)26-22(28)21(32-24(26)30)12-18-11-19-16(5)13-25(7,8)27(14(2)3)20(19)10-15(18)4/h10-12,14,16-17H,9,13H2,1-8H3/b21-12+/t16-,17-/m0/s1. The van der Waals surface area contributed by atoms with E-state index in [1.54, 1.807) is 13.0 Å². The number of fused-ring (bicyclic) bond motifs is 1. The van der Waals surface area contributed by atoms with Crippen LogP contribution < -0.4 is 4.90 Å². The molecule has 6 nitrogen and oxygen atoms in total. The highest BCUT2D eigenvalue weighted by molar-refractivity contribution is 8.18. The van der Waals surface area contributed by atoms with E-state index in [2.05, 4.69) is 51.7 Å². The van der Waals surface area contributed by atoms with Crippen molar-refractivity contribution in [3.05, 3.63) is 33.7 Å². The van der Waals surface area contributed by atoms with E-state index in [4.69, 9.17) is 4.74 Å². The molecule has 1 fully saturated rings. The molecule has 0 bridgehead atoms. The summed E-state index contributed by atoms with van der Waals surface area (Å²) in [5.41, 5.74) is 4.52. The molecule has 2 heterocycles. The smallest absolute Gasteiger partial charge is 0.329 e. The van der Waals surface area contributed by atoms with E-state index in [1.807, 2.05) is 6.92 Å². The van der Waals surface area contributed by atoms with E-state index in [-0.39, 0.29) is 12.1 Å². The van der Waals surface area contributed by atoms with E-state index >= 15 is 0 Å². The summed E-state index contributed by atoms with van der Waals surface area (Å²) in [5.74, 6) is -0.650. The number of imide groups is 1. The second-order valence-electron chi connectivity index (χ2n) is 9.63. The number of hydrogen-bond donors (Lipinski definition) is 0. The minimum atomic E-state index is -0.945. The molecule has 0 spiro atoms. The molecule has 2 aliphatic heterocycles. The fourth-order valence-electron chi connectivity index (χ4n) is 5.07. The highest BCUT2D eigenvalue weighted by atomic mass is 32.2. The van der Waals surface area contributed by atoms with Crippen molar-refractivity contribution >= 4 is 40.6 Å². The summed E-state index contributed by atoms with van der Waals surface area (Å²) in [7, 11) is 0. The molecule has 3 rings (SSSR count). The van der Waals surface area contributed by atoms with Crippen molar-refractivity contribution in [1.82, 2.24) is 4.90 Å². The van der Waals surface area contributed by atoms with Gasteiger partial charge in [-0.15, -0.1) is 0 Å². The molecule has 32 heavy (non-hydrogen) atoms. The van der Waals surface area contributed by atoms with E-state index < -0.39 is 23.2 Å². The summed E-state index contributed by atoms with van der Waals surface area (Å²) >= 11 is 0.873. The molecule has 0 saturated carbocycles. The summed E-state index contributed by atoms with van der Waals surface area (Å²) in [5, 5.41) is -0.446. The van der Waals surface area contributed by atoms with Gasteiger partial charge in [0.2, 0.25) is 0 Å². The van der Waals surface area contributed by atoms with Crippen LogP contribution in [0.2, 0.25) is 0 Å². The Labute approximate surface area is 195 Å². The lowest BCUT2D eigenvalue weighted by Crippen LogP contribution is -2.51. The van der Waals surface area contributed by atoms with E-state index in [1.165, 1.54) is 18.2 Å². The Morgan fingerprint density at radius 3 is 2.53 bits per heavy atom. The van der Waals surface area contributed by atoms with Gasteiger partial charge in [0.1, 0.15) is 6.04 Å². The number of aryl methyl sites for hydroxylation is 1. The van der Waals surface area contributed by atoms with Crippen LogP contribution in [0.15, 0.2) is 17.0 Å². The van der Waals surface area contributed by atoms with Gasteiger partial charge in [-0.05, 0) is 107 Å². The number of benzene rings is 1. The van der Waals surface area contributed by atoms with Crippen LogP contribution in [0.1, 0.15) is 77.5 Å². The molecule has 1 saturated heterocycles. The van der Waals surface area contributed by atoms with Crippen LogP contribution in [0.4, 0.5) is 10.5 Å². The summed E-state index contributed by atoms with van der Waals surface area (Å²) in [6, 6.07) is 3.77. The third-order valence-electron chi connectivity index (χ3n) is 6.31. The Morgan fingerprint density at radius 2 is 1.94 bits per heavy atom. The first-order valence-corrected chi connectivity index (χ1v) is 12.1. The third-order valence-corrected chi connectivity index (χ3v) is 7.19. The number of carbonyl (C=O) groups excluding carboxylic acids is 3. The zero-order chi connectivity index (χ0) is 24.0. The average molecular weight is 459 g/mol. The first-order chi connectivity index (χ1) is 14.9. The number of nitrogens with zero attached hydrogens (tertiary/aromatic N) is 2. The second kappa shape index (κ2) is 8.93. The Balaban J connectivity index is 1.99. The van der Waals surface area contributed by atoms with Crippen molar-refractivity contribution in [2.75, 3.05) is 11.5 Å². The number of anilines is 1. The van der Waals surface area contributed by atoms with Crippen LogP contribution >= 0.6 is 11.8 Å². The normalized spacial score (nSPS) is 22.5. The maximum absolute atomic E-state index is 13.0. The number of thioether (sulfide) groups is 1. The summed E-state index contributed by atoms with van der Waals surface area (Å²) in [6.07, 6.45) is 2.82. The molecule has 7 heteroatoms. The van der Waals surface area contributed by atoms with Crippen molar-refractivity contribution in [3.8, 4) is 0 Å². The zero-order valence-electron chi connectivity index (χ0n) is 20.3. The van der Waals surface area contributed by atoms with E-state index in [9.17, 15) is 14.4 Å². The molecule has 0 radical (unpaired) electrons. The SMILES string of the molecule is CCOC(=O)[C@H](C)N1C(=O)S/C(=C/c2cc3c(cc2C)N(C(C)C)C(C)(C)C[C@@H]3C)C1=O. The predicted molar refractivity (Wildman–Crippen MR) is 130 cm³/mol. The average Bonchev–Trinajstić information content (AvgIpc) is 2.94. The molecule has 2 aliphatic rings. The van der Waals surface area contributed by atoms with Gasteiger partial charge >= 0.3 is 5.97 Å². The number of rotatable bonds is 5. The van der Waals surface area contributed by atoms with Crippen molar-refractivity contribution in [3.63, 3.8) is 0 Å². The third kappa shape index (κ3) is 4.32. The molecule has 1 aromatic carbocycles. The molecule has 0 N–H and O–H groups in total. The number of amides is 2. The topological polar surface area (TPSA) is 66.9 Å². The maximum atomic E-state index is 13.0. The molecular weight excluding hydrogens is 424 g/mol. The quantitative estimate of drug-likeness (QED) is 0.430. The lowest BCUT2D eigenvalue weighted by molar-refractivity contribution is -0.150. The largest absolute Gasteiger partial charge is 0.464 e. The van der Waals surface area contributed by atoms with Crippen molar-refractivity contribution < 1.29 is 19.1 Å². The Bertz CT molecular complexity index is 982. The van der Waals surface area contributed by atoms with Crippen LogP contribution in [-0.4, -0.2) is 46.2 Å². The highest BCUT2D eigenvalue weighted by Crippen LogP contribution is 2.46. The van der Waals surface area contributed by atoms with Crippen molar-refractivity contribution in [1.29, 1.82) is 0 Å². The number of esters is 1. The zero-order valence-corrected chi connectivity index (χ0v) is 21.1. The summed E-state index contributed by atoms with van der Waals surface area (Å²) in [4.78, 5) is 41.3. The number of hydrogen-bond acceptors (Lipinski definition) is 6. The van der Waals surface area contributed by atoms with Gasteiger partial charge in [0.05, 0.1) is 11.5 Å². The van der Waals surface area contributed by atoms with Gasteiger partial charge in [-0.1, -0.05) is 6.92 Å². The lowest BCUT2D eigenvalue weighted by atomic mass is 9.78. The van der Waals surface area contributed by atoms with Crippen LogP contribution in [0.25, 0.3) is 6.08 Å². The van der Waals surface area contributed by atoms with E-state index in [0.29, 0.717) is 16.9 Å². The molecule has 2 atom stereocenters. The van der Waals surface area contributed by atoms with Crippen LogP contribution in [-0.2, 0) is 14.3 Å². The van der Waals surface area contributed by atoms with Gasteiger partial charge in [0, 0.05) is 17.3 Å². The molecule has 174 valence electrons. The minimum absolute atomic E-state index is 0.0560. The van der Waals surface area contributed by atoms with Gasteiger partial charge in [-0.2, -0.15) is 0 Å². The molecule has 1 aromatic rings. The number of carbonyl (C=O) groups is 3. The van der Waals surface area contributed by atoms with Crippen LogP contribution in [0.5, 0.6) is 0 Å². The molecule has 0 unspecified atom stereocenters. The monoisotopic (exact) mass is 458 g/mol. The van der Waals surface area contributed by atoms with Gasteiger partial charge in [0.15, 0.2) is 0 Å². The summed E-state index contributed by atoms with van der Waals surface area (Å²) < 4.78 is 4.99. The number of ether oxygens (including phenoxy) is 1. The molecule has 0 aliphatic carbocycles. The van der Waals surface area contributed by atoms with Crippen LogP contribution in [0.3, 0.4) is 0 Å². The van der Waals surface area contributed by atoms with Crippen LogP contribution in [0, 0.1) is 6.92 Å². The Morgan fingerprint density at radius 1 is 1.28 bits per heavy atom. The molecule has 0 aromatic heterocycles. The second-order valence-corrected chi connectivity index (χ2v) is 10.6. The molecular formula is C25H34N2O4S. The Kier molecular flexibility index (Phi) is 6.80. The van der Waals surface area contributed by atoms with Gasteiger partial charge < -0.3 is 9.64 Å². The minimum Gasteiger partial charge on any atom is -0.464 e. The predicted octanol–water partition coefficient (Wildman–Crippen LogP) is 5.48. The van der Waals surface area contributed by atoms with E-state index in [0.717, 1.165) is 34.2 Å². The van der Waals surface area contributed by atoms with Crippen molar-refractivity contribution in [2.24, 2.45) is 0 Å².